The Morgan fingerprint density at radius 1 is 0.968 bits per heavy atom. The first-order chi connectivity index (χ1) is 15.0. The van der Waals surface area contributed by atoms with Gasteiger partial charge in [0.1, 0.15) is 4.32 Å². The number of hydrogen-bond donors (Lipinski definition) is 0. The maximum Gasteiger partial charge on any atom is 0.266 e. The maximum atomic E-state index is 12.9. The van der Waals surface area contributed by atoms with Crippen molar-refractivity contribution in [2.45, 2.75) is 13.3 Å². The summed E-state index contributed by atoms with van der Waals surface area (Å²) < 4.78 is 22.1. The number of carbonyl (C=O) groups excluding carboxylic acids is 1. The lowest BCUT2D eigenvalue weighted by molar-refractivity contribution is -0.122. The highest BCUT2D eigenvalue weighted by molar-refractivity contribution is 8.26. The Labute approximate surface area is 192 Å². The van der Waals surface area contributed by atoms with Gasteiger partial charge in [-0.15, -0.1) is 0 Å². The summed E-state index contributed by atoms with van der Waals surface area (Å²) in [7, 11) is 4.80. The molecule has 1 heterocycles. The number of ether oxygens (including phenoxy) is 4. The molecule has 0 unspecified atom stereocenters. The van der Waals surface area contributed by atoms with Crippen LogP contribution in [0.1, 0.15) is 18.1 Å². The van der Waals surface area contributed by atoms with Crippen molar-refractivity contribution in [3.63, 3.8) is 0 Å². The summed E-state index contributed by atoms with van der Waals surface area (Å²) in [6, 6.07) is 11.3. The van der Waals surface area contributed by atoms with E-state index in [1.807, 2.05) is 49.4 Å². The predicted molar refractivity (Wildman–Crippen MR) is 127 cm³/mol. The summed E-state index contributed by atoms with van der Waals surface area (Å²) >= 11 is 6.76. The number of methoxy groups -OCH3 is 3. The van der Waals surface area contributed by atoms with Gasteiger partial charge in [-0.3, -0.25) is 9.69 Å². The molecule has 0 aliphatic carbocycles. The molecule has 1 amide bonds. The largest absolute Gasteiger partial charge is 0.493 e. The lowest BCUT2D eigenvalue weighted by Gasteiger charge is -2.15. The third-order valence-corrected chi connectivity index (χ3v) is 6.11. The molecule has 6 nitrogen and oxygen atoms in total. The Bertz CT molecular complexity index is 1010. The molecule has 1 aliphatic heterocycles. The smallest absolute Gasteiger partial charge is 0.266 e. The second kappa shape index (κ2) is 10.5. The zero-order valence-electron chi connectivity index (χ0n) is 18.0. The van der Waals surface area contributed by atoms with Crippen LogP contribution in [0.25, 0.3) is 6.08 Å². The van der Waals surface area contributed by atoms with Gasteiger partial charge in [0.15, 0.2) is 23.0 Å². The number of thioether (sulfide) groups is 1. The van der Waals surface area contributed by atoms with Crippen LogP contribution in [0.3, 0.4) is 0 Å². The average Bonchev–Trinajstić information content (AvgIpc) is 3.05. The number of amides is 1. The van der Waals surface area contributed by atoms with Crippen molar-refractivity contribution in [2.75, 3.05) is 34.5 Å². The molecular weight excluding hydrogens is 434 g/mol. The molecule has 31 heavy (non-hydrogen) atoms. The van der Waals surface area contributed by atoms with Crippen LogP contribution in [0.4, 0.5) is 0 Å². The van der Waals surface area contributed by atoms with Crippen LogP contribution in [-0.4, -0.2) is 49.6 Å². The number of benzene rings is 2. The maximum absolute atomic E-state index is 12.9. The molecule has 1 aliphatic rings. The minimum Gasteiger partial charge on any atom is -0.493 e. The van der Waals surface area contributed by atoms with E-state index in [1.165, 1.54) is 11.8 Å². The predicted octanol–water partition coefficient (Wildman–Crippen LogP) is 4.56. The standard InChI is InChI=1S/C23H25NO5S2/c1-5-29-18-9-7-16(13-20(18)28-4)14-21-22(25)24(23(30)31-21)11-10-15-6-8-17(26-2)19(12-15)27-3/h6-9,12-14H,5,10-11H2,1-4H3/b21-14-. The Balaban J connectivity index is 1.72. The highest BCUT2D eigenvalue weighted by atomic mass is 32.2. The molecule has 0 saturated carbocycles. The number of hydrogen-bond acceptors (Lipinski definition) is 7. The second-order valence-corrected chi connectivity index (χ2v) is 8.29. The normalized spacial score (nSPS) is 14.8. The van der Waals surface area contributed by atoms with E-state index in [0.717, 1.165) is 11.1 Å². The SMILES string of the molecule is CCOc1ccc(/C=C2\SC(=S)N(CCc3ccc(OC)c(OC)c3)C2=O)cc1OC. The van der Waals surface area contributed by atoms with Crippen LogP contribution in [0.2, 0.25) is 0 Å². The summed E-state index contributed by atoms with van der Waals surface area (Å²) in [5.74, 6) is 2.53. The van der Waals surface area contributed by atoms with Crippen LogP contribution in [0, 0.1) is 0 Å². The molecule has 0 bridgehead atoms. The third-order valence-electron chi connectivity index (χ3n) is 4.73. The molecule has 164 valence electrons. The van der Waals surface area contributed by atoms with Crippen LogP contribution in [-0.2, 0) is 11.2 Å². The molecule has 0 spiro atoms. The lowest BCUT2D eigenvalue weighted by Crippen LogP contribution is -2.30. The molecule has 2 aromatic carbocycles. The van der Waals surface area contributed by atoms with Gasteiger partial charge in [-0.1, -0.05) is 36.1 Å². The van der Waals surface area contributed by atoms with Crippen molar-refractivity contribution >= 4 is 40.3 Å². The Hall–Kier alpha value is -2.71. The molecule has 1 fully saturated rings. The van der Waals surface area contributed by atoms with Crippen molar-refractivity contribution in [3.05, 3.63) is 52.4 Å². The Morgan fingerprint density at radius 3 is 2.32 bits per heavy atom. The minimum absolute atomic E-state index is 0.0941. The van der Waals surface area contributed by atoms with E-state index in [-0.39, 0.29) is 5.91 Å². The number of thiocarbonyl (C=S) groups is 1. The molecule has 0 N–H and O–H groups in total. The fourth-order valence-electron chi connectivity index (χ4n) is 3.17. The van der Waals surface area contributed by atoms with Crippen molar-refractivity contribution in [2.24, 2.45) is 0 Å². The van der Waals surface area contributed by atoms with E-state index in [1.54, 1.807) is 26.2 Å². The first-order valence-electron chi connectivity index (χ1n) is 9.77. The fraction of sp³-hybridized carbons (Fsp3) is 0.304. The van der Waals surface area contributed by atoms with Crippen LogP contribution in [0.15, 0.2) is 41.3 Å². The molecular formula is C23H25NO5S2. The zero-order chi connectivity index (χ0) is 22.4. The lowest BCUT2D eigenvalue weighted by atomic mass is 10.1. The third kappa shape index (κ3) is 5.32. The van der Waals surface area contributed by atoms with Gasteiger partial charge in [0, 0.05) is 6.54 Å². The Morgan fingerprint density at radius 2 is 1.65 bits per heavy atom. The fourth-order valence-corrected chi connectivity index (χ4v) is 4.48. The second-order valence-electron chi connectivity index (χ2n) is 6.62. The first-order valence-corrected chi connectivity index (χ1v) is 11.0. The molecule has 0 radical (unpaired) electrons. The van der Waals surface area contributed by atoms with Crippen LogP contribution in [0.5, 0.6) is 23.0 Å². The van der Waals surface area contributed by atoms with Crippen molar-refractivity contribution < 1.29 is 23.7 Å². The quantitative estimate of drug-likeness (QED) is 0.403. The Kier molecular flexibility index (Phi) is 7.81. The summed E-state index contributed by atoms with van der Waals surface area (Å²) in [5, 5.41) is 0. The van der Waals surface area contributed by atoms with E-state index < -0.39 is 0 Å². The minimum atomic E-state index is -0.0941. The highest BCUT2D eigenvalue weighted by Gasteiger charge is 2.31. The summed E-state index contributed by atoms with van der Waals surface area (Å²) in [6.45, 7) is 2.96. The summed E-state index contributed by atoms with van der Waals surface area (Å²) in [5.41, 5.74) is 1.88. The van der Waals surface area contributed by atoms with Gasteiger partial charge in [0.05, 0.1) is 32.8 Å². The van der Waals surface area contributed by atoms with Crippen molar-refractivity contribution in [3.8, 4) is 23.0 Å². The number of nitrogens with zero attached hydrogens (tertiary/aromatic N) is 1. The molecule has 2 aromatic rings. The zero-order valence-corrected chi connectivity index (χ0v) is 19.6. The van der Waals surface area contributed by atoms with Crippen molar-refractivity contribution in [1.29, 1.82) is 0 Å². The molecule has 0 aromatic heterocycles. The van der Waals surface area contributed by atoms with E-state index in [9.17, 15) is 4.79 Å². The monoisotopic (exact) mass is 459 g/mol. The topological polar surface area (TPSA) is 57.2 Å². The highest BCUT2D eigenvalue weighted by Crippen LogP contribution is 2.35. The van der Waals surface area contributed by atoms with Gasteiger partial charge in [-0.2, -0.15) is 0 Å². The van der Waals surface area contributed by atoms with Gasteiger partial charge in [-0.05, 0) is 54.8 Å². The van der Waals surface area contributed by atoms with Gasteiger partial charge in [0.25, 0.3) is 5.91 Å². The van der Waals surface area contributed by atoms with E-state index in [0.29, 0.717) is 51.8 Å². The molecule has 0 atom stereocenters. The van der Waals surface area contributed by atoms with Crippen LogP contribution >= 0.6 is 24.0 Å². The van der Waals surface area contributed by atoms with Gasteiger partial charge >= 0.3 is 0 Å². The molecule has 3 rings (SSSR count). The van der Waals surface area contributed by atoms with Crippen molar-refractivity contribution in [1.82, 2.24) is 4.90 Å². The van der Waals surface area contributed by atoms with Gasteiger partial charge in [-0.25, -0.2) is 0 Å². The number of carbonyl (C=O) groups is 1. The summed E-state index contributed by atoms with van der Waals surface area (Å²) in [4.78, 5) is 15.2. The number of rotatable bonds is 9. The van der Waals surface area contributed by atoms with E-state index in [4.69, 9.17) is 31.2 Å². The molecule has 1 saturated heterocycles. The van der Waals surface area contributed by atoms with Gasteiger partial charge < -0.3 is 18.9 Å². The summed E-state index contributed by atoms with van der Waals surface area (Å²) in [6.07, 6.45) is 2.48. The van der Waals surface area contributed by atoms with Gasteiger partial charge in [0.2, 0.25) is 0 Å². The van der Waals surface area contributed by atoms with E-state index >= 15 is 0 Å². The van der Waals surface area contributed by atoms with E-state index in [2.05, 4.69) is 0 Å². The average molecular weight is 460 g/mol. The first kappa shape index (κ1) is 23.0. The van der Waals surface area contributed by atoms with Crippen LogP contribution < -0.4 is 18.9 Å². The molecule has 8 heteroatoms.